The van der Waals surface area contributed by atoms with Crippen LogP contribution in [0.25, 0.3) is 0 Å². The predicted molar refractivity (Wildman–Crippen MR) is 127 cm³/mol. The number of nitrogens with zero attached hydrogens (tertiary/aromatic N) is 1. The fourth-order valence-electron chi connectivity index (χ4n) is 4.25. The Morgan fingerprint density at radius 3 is 2.72 bits per heavy atom. The molecule has 2 aromatic carbocycles. The molecule has 1 heterocycles. The van der Waals surface area contributed by atoms with Crippen LogP contribution in [0.1, 0.15) is 69.4 Å². The standard InChI is InChI=1S/C25H30N2O4S/c1-25(2)22-17-20(11-14-23(22)27-24(28)30-25)29-16-6-15-26-31-32-21-12-9-19(10-13-21)18-7-4-3-5-8-18/h9-15,17-18H,3-8,16H2,1-2H3,(H,27,28). The van der Waals surface area contributed by atoms with Crippen LogP contribution in [0.5, 0.6) is 5.75 Å². The highest BCUT2D eigenvalue weighted by molar-refractivity contribution is 7.94. The Kier molecular flexibility index (Phi) is 7.25. The van der Waals surface area contributed by atoms with Gasteiger partial charge >= 0.3 is 6.09 Å². The molecule has 0 unspecified atom stereocenters. The summed E-state index contributed by atoms with van der Waals surface area (Å²) in [4.78, 5) is 12.6. The molecule has 2 aromatic rings. The van der Waals surface area contributed by atoms with Crippen molar-refractivity contribution in [1.29, 1.82) is 0 Å². The van der Waals surface area contributed by atoms with Gasteiger partial charge < -0.3 is 13.8 Å². The molecule has 1 fully saturated rings. The summed E-state index contributed by atoms with van der Waals surface area (Å²) in [7, 11) is 0. The monoisotopic (exact) mass is 454 g/mol. The van der Waals surface area contributed by atoms with Crippen LogP contribution in [0.2, 0.25) is 0 Å². The Morgan fingerprint density at radius 2 is 1.94 bits per heavy atom. The summed E-state index contributed by atoms with van der Waals surface area (Å²) >= 11 is 1.26. The van der Waals surface area contributed by atoms with Crippen LogP contribution in [-0.4, -0.2) is 18.9 Å². The lowest BCUT2D eigenvalue weighted by Crippen LogP contribution is -2.34. The van der Waals surface area contributed by atoms with Crippen molar-refractivity contribution < 1.29 is 18.6 Å². The average Bonchev–Trinajstić information content (AvgIpc) is 2.79. The van der Waals surface area contributed by atoms with E-state index in [-0.39, 0.29) is 0 Å². The van der Waals surface area contributed by atoms with Crippen molar-refractivity contribution in [3.8, 4) is 5.75 Å². The molecule has 1 saturated carbocycles. The lowest BCUT2D eigenvalue weighted by Gasteiger charge is -2.32. The Bertz CT molecular complexity index is 953. The third-order valence-corrected chi connectivity index (χ3v) is 6.57. The molecule has 170 valence electrons. The predicted octanol–water partition coefficient (Wildman–Crippen LogP) is 7.01. The van der Waals surface area contributed by atoms with Gasteiger partial charge in [0.25, 0.3) is 0 Å². The second kappa shape index (κ2) is 10.3. The molecule has 1 N–H and O–H groups in total. The summed E-state index contributed by atoms with van der Waals surface area (Å²) in [5.74, 6) is 1.44. The van der Waals surface area contributed by atoms with E-state index in [9.17, 15) is 4.79 Å². The topological polar surface area (TPSA) is 69.2 Å². The van der Waals surface area contributed by atoms with Gasteiger partial charge in [0, 0.05) is 18.2 Å². The van der Waals surface area contributed by atoms with E-state index in [0.717, 1.165) is 21.9 Å². The first-order chi connectivity index (χ1) is 15.5. The average molecular weight is 455 g/mol. The molecule has 0 spiro atoms. The quantitative estimate of drug-likeness (QED) is 0.201. The number of amides is 1. The molecule has 2 aliphatic rings. The maximum absolute atomic E-state index is 11.6. The first-order valence-corrected chi connectivity index (χ1v) is 12.0. The molecule has 6 nitrogen and oxygen atoms in total. The highest BCUT2D eigenvalue weighted by Gasteiger charge is 2.33. The number of ether oxygens (including phenoxy) is 2. The van der Waals surface area contributed by atoms with E-state index in [1.54, 1.807) is 6.21 Å². The van der Waals surface area contributed by atoms with Crippen LogP contribution in [0.4, 0.5) is 10.5 Å². The summed E-state index contributed by atoms with van der Waals surface area (Å²) in [6.07, 6.45) is 8.57. The third kappa shape index (κ3) is 5.76. The van der Waals surface area contributed by atoms with Crippen LogP contribution >= 0.6 is 12.0 Å². The molecule has 32 heavy (non-hydrogen) atoms. The molecule has 0 saturated heterocycles. The van der Waals surface area contributed by atoms with Crippen LogP contribution in [-0.2, 0) is 14.6 Å². The number of fused-ring (bicyclic) bond motifs is 1. The van der Waals surface area contributed by atoms with E-state index in [2.05, 4.69) is 34.7 Å². The number of hydrogen-bond donors (Lipinski definition) is 1. The smallest absolute Gasteiger partial charge is 0.412 e. The van der Waals surface area contributed by atoms with Crippen molar-refractivity contribution in [3.05, 3.63) is 53.6 Å². The molecular formula is C25H30N2O4S. The minimum Gasteiger partial charge on any atom is -0.493 e. The van der Waals surface area contributed by atoms with Crippen LogP contribution in [0.15, 0.2) is 52.5 Å². The van der Waals surface area contributed by atoms with Gasteiger partial charge in [-0.15, -0.1) is 0 Å². The van der Waals surface area contributed by atoms with Gasteiger partial charge in [-0.05, 0) is 68.5 Å². The Hall–Kier alpha value is -2.67. The number of carbonyl (C=O) groups excluding carboxylic acids is 1. The van der Waals surface area contributed by atoms with Crippen LogP contribution in [0.3, 0.4) is 0 Å². The molecule has 1 aliphatic carbocycles. The minimum atomic E-state index is -0.696. The molecule has 0 radical (unpaired) electrons. The largest absolute Gasteiger partial charge is 0.493 e. The zero-order valence-corrected chi connectivity index (χ0v) is 19.5. The van der Waals surface area contributed by atoms with Crippen LogP contribution in [0, 0.1) is 0 Å². The number of anilines is 1. The second-order valence-electron chi connectivity index (χ2n) is 8.72. The highest BCUT2D eigenvalue weighted by atomic mass is 32.2. The maximum Gasteiger partial charge on any atom is 0.412 e. The fourth-order valence-corrected chi connectivity index (χ4v) is 4.69. The van der Waals surface area contributed by atoms with Crippen molar-refractivity contribution in [3.63, 3.8) is 0 Å². The Labute approximate surface area is 193 Å². The number of rotatable bonds is 8. The number of benzene rings is 2. The van der Waals surface area contributed by atoms with Gasteiger partial charge in [-0.3, -0.25) is 5.32 Å². The summed E-state index contributed by atoms with van der Waals surface area (Å²) in [6, 6.07) is 14.2. The number of hydrogen-bond acceptors (Lipinski definition) is 6. The molecule has 1 aliphatic heterocycles. The Balaban J connectivity index is 1.18. The van der Waals surface area contributed by atoms with E-state index < -0.39 is 11.7 Å². The van der Waals surface area contributed by atoms with E-state index in [4.69, 9.17) is 13.8 Å². The second-order valence-corrected chi connectivity index (χ2v) is 9.51. The maximum atomic E-state index is 11.6. The van der Waals surface area contributed by atoms with Gasteiger partial charge in [0.1, 0.15) is 23.4 Å². The van der Waals surface area contributed by atoms with Crippen molar-refractivity contribution in [2.24, 2.45) is 5.16 Å². The number of carbonyl (C=O) groups is 1. The summed E-state index contributed by atoms with van der Waals surface area (Å²) < 4.78 is 16.5. The van der Waals surface area contributed by atoms with E-state index in [1.807, 2.05) is 32.0 Å². The van der Waals surface area contributed by atoms with E-state index in [0.29, 0.717) is 18.9 Å². The molecule has 4 rings (SSSR count). The Morgan fingerprint density at radius 1 is 1.16 bits per heavy atom. The van der Waals surface area contributed by atoms with E-state index >= 15 is 0 Å². The summed E-state index contributed by atoms with van der Waals surface area (Å²) in [6.45, 7) is 4.19. The van der Waals surface area contributed by atoms with Gasteiger partial charge in [-0.25, -0.2) is 4.79 Å². The molecule has 0 atom stereocenters. The van der Waals surface area contributed by atoms with Gasteiger partial charge in [-0.1, -0.05) is 36.6 Å². The van der Waals surface area contributed by atoms with E-state index in [1.165, 1.54) is 49.7 Å². The zero-order valence-electron chi connectivity index (χ0n) is 18.6. The number of nitrogens with one attached hydrogen (secondary N) is 1. The minimum absolute atomic E-state index is 0.439. The molecule has 0 aromatic heterocycles. The van der Waals surface area contributed by atoms with Crippen molar-refractivity contribution in [2.75, 3.05) is 11.9 Å². The van der Waals surface area contributed by atoms with Crippen molar-refractivity contribution in [1.82, 2.24) is 0 Å². The van der Waals surface area contributed by atoms with Crippen molar-refractivity contribution >= 4 is 30.0 Å². The zero-order chi connectivity index (χ0) is 22.4. The first-order valence-electron chi connectivity index (χ1n) is 11.2. The van der Waals surface area contributed by atoms with Gasteiger partial charge in [0.15, 0.2) is 0 Å². The molecular weight excluding hydrogens is 424 g/mol. The SMILES string of the molecule is CC1(C)OC(=O)Nc2ccc(OCCC=NOSc3ccc(C4CCCCC4)cc3)cc21. The van der Waals surface area contributed by atoms with Crippen LogP contribution < -0.4 is 10.1 Å². The molecule has 7 heteroatoms. The number of oxime groups is 1. The highest BCUT2D eigenvalue weighted by Crippen LogP contribution is 2.37. The molecule has 0 bridgehead atoms. The third-order valence-electron chi connectivity index (χ3n) is 5.95. The molecule has 1 amide bonds. The summed E-state index contributed by atoms with van der Waals surface area (Å²) in [5, 5.41) is 6.71. The lowest BCUT2D eigenvalue weighted by molar-refractivity contribution is 0.0418. The normalized spacial score (nSPS) is 18.0. The van der Waals surface area contributed by atoms with Gasteiger partial charge in [0.2, 0.25) is 0 Å². The fraction of sp³-hybridized carbons (Fsp3) is 0.440. The lowest BCUT2D eigenvalue weighted by atomic mass is 9.84. The number of cyclic esters (lactones) is 1. The van der Waals surface area contributed by atoms with Gasteiger partial charge in [0.05, 0.1) is 17.2 Å². The summed E-state index contributed by atoms with van der Waals surface area (Å²) in [5.41, 5.74) is 2.38. The first kappa shape index (κ1) is 22.5. The van der Waals surface area contributed by atoms with Crippen molar-refractivity contribution in [2.45, 2.75) is 68.8 Å². The van der Waals surface area contributed by atoms with Gasteiger partial charge in [-0.2, -0.15) is 0 Å².